The molecule has 0 aromatic carbocycles. The highest BCUT2D eigenvalue weighted by molar-refractivity contribution is 5.94. The predicted molar refractivity (Wildman–Crippen MR) is 65.3 cm³/mol. The van der Waals surface area contributed by atoms with Crippen LogP contribution in [-0.4, -0.2) is 23.5 Å². The van der Waals surface area contributed by atoms with Gasteiger partial charge in [-0.05, 0) is 37.4 Å². The lowest BCUT2D eigenvalue weighted by molar-refractivity contribution is -0.117. The van der Waals surface area contributed by atoms with Crippen LogP contribution < -0.4 is 10.6 Å². The number of nitrogens with one attached hydrogen (secondary N) is 2. The summed E-state index contributed by atoms with van der Waals surface area (Å²) in [6.45, 7) is 5.03. The molecule has 0 unspecified atom stereocenters. The maximum absolute atomic E-state index is 11.8. The number of amides is 1. The lowest BCUT2D eigenvalue weighted by Gasteiger charge is -2.10. The van der Waals surface area contributed by atoms with E-state index in [1.165, 1.54) is 0 Å². The van der Waals surface area contributed by atoms with Gasteiger partial charge in [0.25, 0.3) is 0 Å². The Morgan fingerprint density at radius 3 is 3.00 bits per heavy atom. The molecule has 1 fully saturated rings. The molecular weight excluding hydrogens is 202 g/mol. The number of anilines is 1. The predicted octanol–water partition coefficient (Wildman–Crippen LogP) is 1.57. The molecule has 2 heterocycles. The molecule has 0 aliphatic carbocycles. The summed E-state index contributed by atoms with van der Waals surface area (Å²) in [5, 5.41) is 6.02. The van der Waals surface area contributed by atoms with Gasteiger partial charge in [0.1, 0.15) is 5.82 Å². The SMILES string of the molecule is Cc1ccc(NC(=O)[C@@H]2C[C@H](C)CN2)nc1.[HH]. The van der Waals surface area contributed by atoms with Gasteiger partial charge >= 0.3 is 0 Å². The minimum absolute atomic E-state index is 0. The van der Waals surface area contributed by atoms with Crippen LogP contribution in [0.5, 0.6) is 0 Å². The first-order valence-corrected chi connectivity index (χ1v) is 5.62. The van der Waals surface area contributed by atoms with Gasteiger partial charge in [-0.2, -0.15) is 0 Å². The van der Waals surface area contributed by atoms with E-state index in [1.807, 2.05) is 19.1 Å². The van der Waals surface area contributed by atoms with E-state index in [-0.39, 0.29) is 13.4 Å². The normalized spacial score (nSPS) is 24.4. The van der Waals surface area contributed by atoms with Gasteiger partial charge in [-0.15, -0.1) is 0 Å². The average molecular weight is 221 g/mol. The topological polar surface area (TPSA) is 54.0 Å². The summed E-state index contributed by atoms with van der Waals surface area (Å²) in [6.07, 6.45) is 2.65. The first-order valence-electron chi connectivity index (χ1n) is 5.62. The molecule has 0 bridgehead atoms. The van der Waals surface area contributed by atoms with Crippen LogP contribution in [0.25, 0.3) is 0 Å². The third kappa shape index (κ3) is 2.58. The molecule has 0 saturated carbocycles. The standard InChI is InChI=1S/C12H17N3O.H2/c1-8-3-4-11(14-6-8)15-12(16)10-5-9(2)7-13-10;/h3-4,6,9-10,13H,5,7H2,1-2H3,(H,14,15,16);1H/t9-,10-;/m0./s1. The van der Waals surface area contributed by atoms with Crippen molar-refractivity contribution in [2.45, 2.75) is 26.3 Å². The van der Waals surface area contributed by atoms with Gasteiger partial charge in [0.05, 0.1) is 6.04 Å². The number of aromatic nitrogens is 1. The van der Waals surface area contributed by atoms with Gasteiger partial charge in [0.15, 0.2) is 0 Å². The second-order valence-corrected chi connectivity index (χ2v) is 4.51. The van der Waals surface area contributed by atoms with Gasteiger partial charge in [-0.25, -0.2) is 4.98 Å². The van der Waals surface area contributed by atoms with Gasteiger partial charge in [-0.3, -0.25) is 4.79 Å². The quantitative estimate of drug-likeness (QED) is 0.797. The molecule has 1 aromatic rings. The number of aryl methyl sites for hydroxylation is 1. The van der Waals surface area contributed by atoms with Crippen molar-refractivity contribution in [3.8, 4) is 0 Å². The van der Waals surface area contributed by atoms with Crippen LogP contribution in [0.1, 0.15) is 20.3 Å². The number of nitrogens with zero attached hydrogens (tertiary/aromatic N) is 1. The van der Waals surface area contributed by atoms with Crippen molar-refractivity contribution in [3.05, 3.63) is 23.9 Å². The summed E-state index contributed by atoms with van der Waals surface area (Å²) in [6, 6.07) is 3.69. The van der Waals surface area contributed by atoms with Crippen molar-refractivity contribution >= 4 is 11.7 Å². The van der Waals surface area contributed by atoms with Gasteiger partial charge < -0.3 is 10.6 Å². The van der Waals surface area contributed by atoms with Crippen LogP contribution in [0.3, 0.4) is 0 Å². The Labute approximate surface area is 96.9 Å². The lowest BCUT2D eigenvalue weighted by Crippen LogP contribution is -2.35. The highest BCUT2D eigenvalue weighted by Crippen LogP contribution is 2.14. The number of rotatable bonds is 2. The second-order valence-electron chi connectivity index (χ2n) is 4.51. The minimum atomic E-state index is -0.0712. The third-order valence-corrected chi connectivity index (χ3v) is 2.83. The van der Waals surface area contributed by atoms with Gasteiger partial charge in [-0.1, -0.05) is 13.0 Å². The van der Waals surface area contributed by atoms with Crippen molar-refractivity contribution in [1.82, 2.24) is 10.3 Å². The van der Waals surface area contributed by atoms with Crippen LogP contribution in [0.2, 0.25) is 0 Å². The van der Waals surface area contributed by atoms with E-state index in [0.29, 0.717) is 11.7 Å². The fraction of sp³-hybridized carbons (Fsp3) is 0.500. The molecule has 0 radical (unpaired) electrons. The first-order chi connectivity index (χ1) is 7.65. The third-order valence-electron chi connectivity index (χ3n) is 2.83. The molecule has 88 valence electrons. The first kappa shape index (κ1) is 11.1. The number of hydrogen-bond acceptors (Lipinski definition) is 3. The van der Waals surface area contributed by atoms with E-state index >= 15 is 0 Å². The zero-order valence-corrected chi connectivity index (χ0v) is 9.66. The van der Waals surface area contributed by atoms with Crippen LogP contribution in [0.4, 0.5) is 5.82 Å². The van der Waals surface area contributed by atoms with Crippen molar-refractivity contribution in [3.63, 3.8) is 0 Å². The molecule has 2 N–H and O–H groups in total. The smallest absolute Gasteiger partial charge is 0.242 e. The minimum Gasteiger partial charge on any atom is -0.309 e. The maximum Gasteiger partial charge on any atom is 0.242 e. The summed E-state index contributed by atoms with van der Waals surface area (Å²) in [5.41, 5.74) is 1.09. The zero-order valence-electron chi connectivity index (χ0n) is 9.66. The number of pyridine rings is 1. The molecule has 4 nitrogen and oxygen atoms in total. The van der Waals surface area contributed by atoms with Crippen LogP contribution in [0.15, 0.2) is 18.3 Å². The molecule has 1 aromatic heterocycles. The number of carbonyl (C=O) groups excluding carboxylic acids is 1. The van der Waals surface area contributed by atoms with E-state index in [4.69, 9.17) is 0 Å². The summed E-state index contributed by atoms with van der Waals surface area (Å²) >= 11 is 0. The van der Waals surface area contributed by atoms with Crippen LogP contribution in [-0.2, 0) is 4.79 Å². The Bertz CT molecular complexity index is 380. The van der Waals surface area contributed by atoms with Crippen LogP contribution >= 0.6 is 0 Å². The molecule has 16 heavy (non-hydrogen) atoms. The Hall–Kier alpha value is -1.42. The molecule has 2 atom stereocenters. The van der Waals surface area contributed by atoms with E-state index in [9.17, 15) is 4.79 Å². The highest BCUT2D eigenvalue weighted by atomic mass is 16.2. The largest absolute Gasteiger partial charge is 0.309 e. The number of hydrogen-bond donors (Lipinski definition) is 2. The van der Waals surface area contributed by atoms with Crippen LogP contribution in [0, 0.1) is 12.8 Å². The maximum atomic E-state index is 11.8. The molecule has 4 heteroatoms. The summed E-state index contributed by atoms with van der Waals surface area (Å²) in [5.74, 6) is 1.21. The van der Waals surface area contributed by atoms with E-state index < -0.39 is 0 Å². The molecular formula is C12H19N3O. The van der Waals surface area contributed by atoms with E-state index in [0.717, 1.165) is 18.5 Å². The average Bonchev–Trinajstić information content (AvgIpc) is 2.68. The molecule has 2 rings (SSSR count). The van der Waals surface area contributed by atoms with Crippen molar-refractivity contribution < 1.29 is 6.22 Å². The Kier molecular flexibility index (Phi) is 3.19. The molecule has 1 saturated heterocycles. The monoisotopic (exact) mass is 221 g/mol. The van der Waals surface area contributed by atoms with E-state index in [2.05, 4.69) is 22.5 Å². The van der Waals surface area contributed by atoms with Crippen molar-refractivity contribution in [1.29, 1.82) is 0 Å². The fourth-order valence-electron chi connectivity index (χ4n) is 1.87. The van der Waals surface area contributed by atoms with Crippen molar-refractivity contribution in [2.75, 3.05) is 11.9 Å². The lowest BCUT2D eigenvalue weighted by atomic mass is 10.1. The molecule has 1 aliphatic heterocycles. The van der Waals surface area contributed by atoms with Gasteiger partial charge in [0, 0.05) is 7.62 Å². The van der Waals surface area contributed by atoms with E-state index in [1.54, 1.807) is 6.20 Å². The summed E-state index contributed by atoms with van der Waals surface area (Å²) in [7, 11) is 0. The zero-order chi connectivity index (χ0) is 11.5. The highest BCUT2D eigenvalue weighted by Gasteiger charge is 2.26. The van der Waals surface area contributed by atoms with Crippen molar-refractivity contribution in [2.24, 2.45) is 5.92 Å². The Balaban J connectivity index is 0.00000144. The number of carbonyl (C=O) groups is 1. The second kappa shape index (κ2) is 4.61. The molecule has 1 aliphatic rings. The Morgan fingerprint density at radius 2 is 2.44 bits per heavy atom. The summed E-state index contributed by atoms with van der Waals surface area (Å²) in [4.78, 5) is 16.0. The fourth-order valence-corrected chi connectivity index (χ4v) is 1.87. The molecule has 0 spiro atoms. The Morgan fingerprint density at radius 1 is 1.62 bits per heavy atom. The summed E-state index contributed by atoms with van der Waals surface area (Å²) < 4.78 is 0. The molecule has 1 amide bonds. The van der Waals surface area contributed by atoms with Gasteiger partial charge in [0.2, 0.25) is 5.91 Å².